The smallest absolute Gasteiger partial charge is 0.215 e. The summed E-state index contributed by atoms with van der Waals surface area (Å²) < 4.78 is 27.5. The van der Waals surface area contributed by atoms with Crippen molar-refractivity contribution >= 4 is 32.6 Å². The van der Waals surface area contributed by atoms with Crippen LogP contribution in [0.5, 0.6) is 0 Å². The zero-order chi connectivity index (χ0) is 10.3. The van der Waals surface area contributed by atoms with Gasteiger partial charge in [0, 0.05) is 19.2 Å². The first-order chi connectivity index (χ1) is 6.50. The highest BCUT2D eigenvalue weighted by Crippen LogP contribution is 2.32. The highest BCUT2D eigenvalue weighted by molar-refractivity contribution is 14.1. The monoisotopic (exact) mass is 332 g/mol. The van der Waals surface area contributed by atoms with Gasteiger partial charge in [-0.15, -0.1) is 0 Å². The molecule has 0 aromatic rings. The van der Waals surface area contributed by atoms with Crippen LogP contribution >= 0.6 is 22.6 Å². The number of hydrogen-bond acceptors (Lipinski definition) is 4. The Morgan fingerprint density at radius 3 is 2.64 bits per heavy atom. The van der Waals surface area contributed by atoms with E-state index in [4.69, 9.17) is 9.88 Å². The lowest BCUT2D eigenvalue weighted by atomic mass is 10.1. The summed E-state index contributed by atoms with van der Waals surface area (Å²) in [5.74, 6) is 0. The van der Waals surface area contributed by atoms with Gasteiger partial charge in [0.25, 0.3) is 0 Å². The number of likely N-dealkylation sites (tertiary alicyclic amines) is 1. The van der Waals surface area contributed by atoms with Crippen molar-refractivity contribution in [2.75, 3.05) is 19.8 Å². The van der Waals surface area contributed by atoms with Gasteiger partial charge in [0.15, 0.2) is 0 Å². The average Bonchev–Trinajstić information content (AvgIpc) is 2.52. The highest BCUT2D eigenvalue weighted by Gasteiger charge is 2.47. The van der Waals surface area contributed by atoms with E-state index in [1.807, 2.05) is 0 Å². The molecule has 2 aliphatic rings. The number of ether oxygens (including phenoxy) is 1. The van der Waals surface area contributed by atoms with Gasteiger partial charge in [-0.1, -0.05) is 22.6 Å². The molecule has 0 aromatic carbocycles. The molecule has 0 spiro atoms. The van der Waals surface area contributed by atoms with E-state index < -0.39 is 15.3 Å². The summed E-state index contributed by atoms with van der Waals surface area (Å²) in [5.41, 5.74) is 0. The Balaban J connectivity index is 1.96. The maximum absolute atomic E-state index is 11.1. The molecule has 7 heteroatoms. The topological polar surface area (TPSA) is 72.6 Å². The van der Waals surface area contributed by atoms with Crippen molar-refractivity contribution in [3.05, 3.63) is 0 Å². The maximum atomic E-state index is 11.1. The molecule has 0 amide bonds. The summed E-state index contributed by atoms with van der Waals surface area (Å²) in [6, 6.07) is 0.384. The van der Waals surface area contributed by atoms with Crippen LogP contribution in [0.2, 0.25) is 0 Å². The Bertz CT molecular complexity index is 315. The van der Waals surface area contributed by atoms with Crippen LogP contribution in [-0.4, -0.2) is 48.4 Å². The summed E-state index contributed by atoms with van der Waals surface area (Å²) in [6.07, 6.45) is 0.997. The average molecular weight is 332 g/mol. The zero-order valence-corrected chi connectivity index (χ0v) is 10.6. The van der Waals surface area contributed by atoms with Crippen molar-refractivity contribution in [2.45, 2.75) is 21.8 Å². The van der Waals surface area contributed by atoms with Crippen LogP contribution in [0.4, 0.5) is 0 Å². The number of primary sulfonamides is 1. The van der Waals surface area contributed by atoms with Gasteiger partial charge in [-0.05, 0) is 6.42 Å². The molecule has 0 aliphatic carbocycles. The minimum atomic E-state index is -3.37. The molecule has 2 N–H and O–H groups in total. The van der Waals surface area contributed by atoms with Crippen molar-refractivity contribution in [3.8, 4) is 0 Å². The summed E-state index contributed by atoms with van der Waals surface area (Å²) in [6.45, 7) is 2.06. The van der Waals surface area contributed by atoms with Crippen LogP contribution in [0.1, 0.15) is 6.42 Å². The van der Waals surface area contributed by atoms with Gasteiger partial charge in [0.2, 0.25) is 10.0 Å². The van der Waals surface area contributed by atoms with E-state index in [0.29, 0.717) is 12.6 Å². The third kappa shape index (κ3) is 1.92. The Hall–Kier alpha value is 0.560. The zero-order valence-electron chi connectivity index (χ0n) is 7.60. The van der Waals surface area contributed by atoms with E-state index in [-0.39, 0.29) is 4.05 Å². The van der Waals surface area contributed by atoms with Gasteiger partial charge in [-0.25, -0.2) is 13.6 Å². The van der Waals surface area contributed by atoms with Crippen LogP contribution in [0.3, 0.4) is 0 Å². The van der Waals surface area contributed by atoms with Crippen molar-refractivity contribution < 1.29 is 13.2 Å². The maximum Gasteiger partial charge on any atom is 0.215 e. The number of sulfonamides is 1. The predicted octanol–water partition coefficient (Wildman–Crippen LogP) is -0.491. The standard InChI is InChI=1S/C7H13IN2O3S/c8-7-6(14(9,11)12)3-10(7)5-1-2-13-4-5/h5-7H,1-4H2,(H2,9,11,12). The Morgan fingerprint density at radius 2 is 2.21 bits per heavy atom. The van der Waals surface area contributed by atoms with Gasteiger partial charge in [-0.3, -0.25) is 4.90 Å². The number of rotatable bonds is 2. The first kappa shape index (κ1) is 11.1. The summed E-state index contributed by atoms with van der Waals surface area (Å²) >= 11 is 2.14. The Morgan fingerprint density at radius 1 is 1.50 bits per heavy atom. The molecule has 82 valence electrons. The molecule has 2 aliphatic heterocycles. The molecule has 14 heavy (non-hydrogen) atoms. The van der Waals surface area contributed by atoms with Gasteiger partial charge >= 0.3 is 0 Å². The fraction of sp³-hybridized carbons (Fsp3) is 1.00. The molecule has 3 atom stereocenters. The van der Waals surface area contributed by atoms with Crippen LogP contribution in [0.25, 0.3) is 0 Å². The third-order valence-electron chi connectivity index (χ3n) is 2.81. The summed E-state index contributed by atoms with van der Waals surface area (Å²) in [7, 11) is -3.37. The number of hydrogen-bond donors (Lipinski definition) is 1. The van der Waals surface area contributed by atoms with Crippen molar-refractivity contribution in [3.63, 3.8) is 0 Å². The molecule has 0 saturated carbocycles. The number of alkyl halides is 1. The van der Waals surface area contributed by atoms with E-state index >= 15 is 0 Å². The summed E-state index contributed by atoms with van der Waals surface area (Å²) in [4.78, 5) is 2.16. The van der Waals surface area contributed by atoms with E-state index in [0.717, 1.165) is 19.6 Å². The van der Waals surface area contributed by atoms with Gasteiger partial charge < -0.3 is 4.74 Å². The molecule has 2 rings (SSSR count). The van der Waals surface area contributed by atoms with E-state index in [1.165, 1.54) is 0 Å². The van der Waals surface area contributed by atoms with Crippen LogP contribution in [0.15, 0.2) is 0 Å². The van der Waals surface area contributed by atoms with Crippen molar-refractivity contribution in [2.24, 2.45) is 5.14 Å². The number of nitrogens with two attached hydrogens (primary N) is 1. The molecule has 0 aromatic heterocycles. The highest BCUT2D eigenvalue weighted by atomic mass is 127. The quantitative estimate of drug-likeness (QED) is 0.421. The molecule has 2 saturated heterocycles. The minimum absolute atomic E-state index is 0.00861. The molecule has 0 bridgehead atoms. The van der Waals surface area contributed by atoms with Crippen LogP contribution in [0, 0.1) is 0 Å². The van der Waals surface area contributed by atoms with Gasteiger partial charge in [0.05, 0.1) is 10.7 Å². The molecular weight excluding hydrogens is 319 g/mol. The molecule has 5 nitrogen and oxygen atoms in total. The lowest BCUT2D eigenvalue weighted by molar-refractivity contribution is 0.0909. The lowest BCUT2D eigenvalue weighted by Crippen LogP contribution is -2.64. The number of halogens is 1. The molecule has 3 unspecified atom stereocenters. The molecule has 2 heterocycles. The largest absolute Gasteiger partial charge is 0.380 e. The first-order valence-corrected chi connectivity index (χ1v) is 7.35. The first-order valence-electron chi connectivity index (χ1n) is 4.49. The lowest BCUT2D eigenvalue weighted by Gasteiger charge is -2.46. The van der Waals surface area contributed by atoms with E-state index in [9.17, 15) is 8.42 Å². The van der Waals surface area contributed by atoms with E-state index in [2.05, 4.69) is 27.5 Å². The van der Waals surface area contributed by atoms with E-state index in [1.54, 1.807) is 0 Å². The fourth-order valence-corrected chi connectivity index (χ4v) is 4.85. The van der Waals surface area contributed by atoms with Gasteiger partial charge in [0.1, 0.15) is 5.25 Å². The van der Waals surface area contributed by atoms with Crippen LogP contribution < -0.4 is 5.14 Å². The van der Waals surface area contributed by atoms with Gasteiger partial charge in [-0.2, -0.15) is 0 Å². The van der Waals surface area contributed by atoms with Crippen LogP contribution in [-0.2, 0) is 14.8 Å². The fourth-order valence-electron chi connectivity index (χ4n) is 1.87. The normalized spacial score (nSPS) is 39.7. The second kappa shape index (κ2) is 3.85. The third-order valence-corrected chi connectivity index (χ3v) is 6.13. The number of nitrogens with zero attached hydrogens (tertiary/aromatic N) is 1. The van der Waals surface area contributed by atoms with Crippen molar-refractivity contribution in [1.29, 1.82) is 0 Å². The molecule has 2 fully saturated rings. The summed E-state index contributed by atoms with van der Waals surface area (Å²) in [5, 5.41) is 4.70. The second-order valence-electron chi connectivity index (χ2n) is 3.71. The Labute approximate surface area is 97.2 Å². The Kier molecular flexibility index (Phi) is 3.04. The minimum Gasteiger partial charge on any atom is -0.380 e. The molecular formula is C7H13IN2O3S. The van der Waals surface area contributed by atoms with Crippen molar-refractivity contribution in [1.82, 2.24) is 4.90 Å². The predicted molar refractivity (Wildman–Crippen MR) is 60.6 cm³/mol. The second-order valence-corrected chi connectivity index (χ2v) is 6.77. The molecule has 0 radical (unpaired) electrons. The SMILES string of the molecule is NS(=O)(=O)C1CN(C2CCOC2)C1I.